The van der Waals surface area contributed by atoms with Crippen LogP contribution in [0.2, 0.25) is 0 Å². The van der Waals surface area contributed by atoms with Crippen molar-refractivity contribution >= 4 is 17.3 Å². The molecule has 5 nitrogen and oxygen atoms in total. The molecule has 0 atom stereocenters. The highest BCUT2D eigenvalue weighted by molar-refractivity contribution is 5.91. The first-order chi connectivity index (χ1) is 14.2. The van der Waals surface area contributed by atoms with Crippen molar-refractivity contribution in [3.05, 3.63) is 97.1 Å². The lowest BCUT2D eigenvalue weighted by Gasteiger charge is -2.05. The Morgan fingerprint density at radius 3 is 2.07 bits per heavy atom. The summed E-state index contributed by atoms with van der Waals surface area (Å²) in [4.78, 5) is 12.2. The number of azo groups is 1. The predicted octanol–water partition coefficient (Wildman–Crippen LogP) is 6.67. The van der Waals surface area contributed by atoms with Gasteiger partial charge in [-0.3, -0.25) is 0 Å². The average molecular weight is 386 g/mol. The van der Waals surface area contributed by atoms with Crippen LogP contribution in [0.25, 0.3) is 0 Å². The van der Waals surface area contributed by atoms with Crippen LogP contribution in [0.1, 0.15) is 23.2 Å². The van der Waals surface area contributed by atoms with Gasteiger partial charge in [0.15, 0.2) is 0 Å². The molecule has 0 spiro atoms. The fourth-order valence-corrected chi connectivity index (χ4v) is 2.46. The van der Waals surface area contributed by atoms with Gasteiger partial charge in [-0.05, 0) is 73.5 Å². The second-order valence-corrected chi connectivity index (χ2v) is 6.22. The first-order valence-electron chi connectivity index (χ1n) is 9.37. The fraction of sp³-hybridized carbons (Fsp3) is 0.125. The summed E-state index contributed by atoms with van der Waals surface area (Å²) < 4.78 is 11.0. The lowest BCUT2D eigenvalue weighted by Crippen LogP contribution is -2.07. The molecule has 0 aliphatic rings. The van der Waals surface area contributed by atoms with Gasteiger partial charge in [-0.1, -0.05) is 24.3 Å². The van der Waals surface area contributed by atoms with E-state index < -0.39 is 5.97 Å². The minimum absolute atomic E-state index is 0.414. The van der Waals surface area contributed by atoms with Crippen molar-refractivity contribution in [3.63, 3.8) is 0 Å². The van der Waals surface area contributed by atoms with Crippen molar-refractivity contribution in [2.24, 2.45) is 10.2 Å². The Bertz CT molecular complexity index is 950. The standard InChI is InChI=1S/C24H22N2O3/c1-2-3-7-18-28-22-16-14-21(15-17-22)26-25-20-12-10-19(11-13-20)24(27)29-23-8-5-4-6-9-23/h2,4-6,8-17H,1,3,7,18H2. The van der Waals surface area contributed by atoms with Crippen LogP contribution < -0.4 is 9.47 Å². The Labute approximate surface area is 170 Å². The normalized spacial score (nSPS) is 10.6. The summed E-state index contributed by atoms with van der Waals surface area (Å²) in [7, 11) is 0. The molecule has 0 aliphatic carbocycles. The van der Waals surface area contributed by atoms with E-state index in [9.17, 15) is 4.79 Å². The molecule has 0 saturated heterocycles. The zero-order valence-electron chi connectivity index (χ0n) is 16.0. The van der Waals surface area contributed by atoms with Gasteiger partial charge in [-0.25, -0.2) is 4.79 Å². The molecule has 0 amide bonds. The number of hydrogen-bond acceptors (Lipinski definition) is 5. The Morgan fingerprint density at radius 1 is 0.828 bits per heavy atom. The number of allylic oxidation sites excluding steroid dienone is 1. The van der Waals surface area contributed by atoms with Crippen molar-refractivity contribution in [1.82, 2.24) is 0 Å². The van der Waals surface area contributed by atoms with Crippen LogP contribution in [0, 0.1) is 0 Å². The van der Waals surface area contributed by atoms with Crippen molar-refractivity contribution in [1.29, 1.82) is 0 Å². The summed E-state index contributed by atoms with van der Waals surface area (Å²) in [6, 6.07) is 23.2. The molecule has 0 bridgehead atoms. The molecular weight excluding hydrogens is 364 g/mol. The van der Waals surface area contributed by atoms with Crippen LogP contribution >= 0.6 is 0 Å². The molecule has 0 aromatic heterocycles. The minimum atomic E-state index is -0.414. The van der Waals surface area contributed by atoms with E-state index >= 15 is 0 Å². The monoisotopic (exact) mass is 386 g/mol. The number of esters is 1. The zero-order chi connectivity index (χ0) is 20.3. The second-order valence-electron chi connectivity index (χ2n) is 6.22. The predicted molar refractivity (Wildman–Crippen MR) is 113 cm³/mol. The van der Waals surface area contributed by atoms with E-state index in [-0.39, 0.29) is 0 Å². The van der Waals surface area contributed by atoms with Gasteiger partial charge in [-0.2, -0.15) is 10.2 Å². The second kappa shape index (κ2) is 10.6. The Morgan fingerprint density at radius 2 is 1.45 bits per heavy atom. The Kier molecular flexibility index (Phi) is 7.29. The van der Waals surface area contributed by atoms with Crippen LogP contribution in [0.3, 0.4) is 0 Å². The van der Waals surface area contributed by atoms with Crippen LogP contribution in [0.15, 0.2) is 102 Å². The van der Waals surface area contributed by atoms with Crippen LogP contribution in [0.4, 0.5) is 11.4 Å². The van der Waals surface area contributed by atoms with Crippen molar-refractivity contribution in [3.8, 4) is 11.5 Å². The zero-order valence-corrected chi connectivity index (χ0v) is 16.0. The van der Waals surface area contributed by atoms with Gasteiger partial charge in [0.25, 0.3) is 0 Å². The molecule has 3 rings (SSSR count). The molecule has 0 unspecified atom stereocenters. The van der Waals surface area contributed by atoms with E-state index in [2.05, 4.69) is 16.8 Å². The van der Waals surface area contributed by atoms with Crippen molar-refractivity contribution in [2.75, 3.05) is 6.61 Å². The number of unbranched alkanes of at least 4 members (excludes halogenated alkanes) is 1. The van der Waals surface area contributed by atoms with Gasteiger partial charge in [0.1, 0.15) is 11.5 Å². The molecule has 0 fully saturated rings. The third-order valence-electron chi connectivity index (χ3n) is 4.00. The summed E-state index contributed by atoms with van der Waals surface area (Å²) in [5.74, 6) is 0.895. The molecule has 29 heavy (non-hydrogen) atoms. The number of hydrogen-bond donors (Lipinski definition) is 0. The SMILES string of the molecule is C=CCCCOc1ccc(N=Nc2ccc(C(=O)Oc3ccccc3)cc2)cc1. The van der Waals surface area contributed by atoms with Crippen LogP contribution in [-0.4, -0.2) is 12.6 Å². The van der Waals surface area contributed by atoms with Crippen molar-refractivity contribution in [2.45, 2.75) is 12.8 Å². The van der Waals surface area contributed by atoms with Gasteiger partial charge in [0.2, 0.25) is 0 Å². The highest BCUT2D eigenvalue weighted by atomic mass is 16.5. The molecular formula is C24H22N2O3. The van der Waals surface area contributed by atoms with Gasteiger partial charge < -0.3 is 9.47 Å². The molecule has 146 valence electrons. The molecule has 0 aliphatic heterocycles. The van der Waals surface area contributed by atoms with E-state index in [4.69, 9.17) is 9.47 Å². The van der Waals surface area contributed by atoms with Gasteiger partial charge in [0.05, 0.1) is 23.5 Å². The van der Waals surface area contributed by atoms with Crippen LogP contribution in [-0.2, 0) is 0 Å². The average Bonchev–Trinajstić information content (AvgIpc) is 2.77. The smallest absolute Gasteiger partial charge is 0.343 e. The van der Waals surface area contributed by atoms with Crippen LogP contribution in [0.5, 0.6) is 11.5 Å². The summed E-state index contributed by atoms with van der Waals surface area (Å²) in [6.07, 6.45) is 3.76. The largest absolute Gasteiger partial charge is 0.494 e. The lowest BCUT2D eigenvalue weighted by molar-refractivity contribution is 0.0735. The first kappa shape index (κ1) is 20.0. The van der Waals surface area contributed by atoms with Gasteiger partial charge >= 0.3 is 5.97 Å². The highest BCUT2D eigenvalue weighted by Gasteiger charge is 2.08. The fourth-order valence-electron chi connectivity index (χ4n) is 2.46. The Balaban J connectivity index is 1.54. The number of nitrogens with zero attached hydrogens (tertiary/aromatic N) is 2. The summed E-state index contributed by atoms with van der Waals surface area (Å²) >= 11 is 0. The molecule has 3 aromatic rings. The number of carbonyl (C=O) groups excluding carboxylic acids is 1. The quantitative estimate of drug-likeness (QED) is 0.136. The number of ether oxygens (including phenoxy) is 2. The first-order valence-corrected chi connectivity index (χ1v) is 9.37. The van der Waals surface area contributed by atoms with E-state index in [0.29, 0.717) is 23.6 Å². The topological polar surface area (TPSA) is 60.2 Å². The molecule has 3 aromatic carbocycles. The maximum Gasteiger partial charge on any atom is 0.343 e. The summed E-state index contributed by atoms with van der Waals surface area (Å²) in [6.45, 7) is 4.35. The minimum Gasteiger partial charge on any atom is -0.494 e. The molecule has 0 heterocycles. The van der Waals surface area contributed by atoms with E-state index in [0.717, 1.165) is 24.3 Å². The van der Waals surface area contributed by atoms with E-state index in [1.54, 1.807) is 36.4 Å². The highest BCUT2D eigenvalue weighted by Crippen LogP contribution is 2.22. The summed E-state index contributed by atoms with van der Waals surface area (Å²) in [5.41, 5.74) is 1.81. The number of rotatable bonds is 9. The maximum atomic E-state index is 12.2. The third-order valence-corrected chi connectivity index (χ3v) is 4.00. The van der Waals surface area contributed by atoms with E-state index in [1.807, 2.05) is 48.5 Å². The van der Waals surface area contributed by atoms with Gasteiger partial charge in [0, 0.05) is 0 Å². The number of carbonyl (C=O) groups is 1. The molecule has 0 saturated carbocycles. The van der Waals surface area contributed by atoms with Crippen molar-refractivity contribution < 1.29 is 14.3 Å². The maximum absolute atomic E-state index is 12.2. The third kappa shape index (κ3) is 6.43. The number of benzene rings is 3. The molecule has 5 heteroatoms. The van der Waals surface area contributed by atoms with Gasteiger partial charge in [-0.15, -0.1) is 6.58 Å². The number of para-hydroxylation sites is 1. The lowest BCUT2D eigenvalue weighted by atomic mass is 10.2. The van der Waals surface area contributed by atoms with E-state index in [1.165, 1.54) is 0 Å². The summed E-state index contributed by atoms with van der Waals surface area (Å²) in [5, 5.41) is 8.41. The Hall–Kier alpha value is -3.73. The molecule has 0 N–H and O–H groups in total. The molecule has 0 radical (unpaired) electrons.